The van der Waals surface area contributed by atoms with Crippen LogP contribution in [0.15, 0.2) is 24.3 Å². The molecular weight excluding hydrogens is 268 g/mol. The third-order valence-corrected chi connectivity index (χ3v) is 4.02. The minimum absolute atomic E-state index is 0.0228. The summed E-state index contributed by atoms with van der Waals surface area (Å²) in [6.07, 6.45) is 0.705. The van der Waals surface area contributed by atoms with Gasteiger partial charge in [0.25, 0.3) is 0 Å². The van der Waals surface area contributed by atoms with E-state index in [1.165, 1.54) is 7.11 Å². The zero-order valence-corrected chi connectivity index (χ0v) is 12.4. The Bertz CT molecular complexity index is 539. The van der Waals surface area contributed by atoms with E-state index in [1.807, 2.05) is 24.3 Å². The van der Waals surface area contributed by atoms with Crippen LogP contribution in [0.2, 0.25) is 0 Å². The summed E-state index contributed by atoms with van der Waals surface area (Å²) in [7, 11) is 3.05. The van der Waals surface area contributed by atoms with Crippen LogP contribution >= 0.6 is 0 Å². The number of rotatable bonds is 4. The van der Waals surface area contributed by atoms with E-state index in [1.54, 1.807) is 7.11 Å². The molecule has 2 atom stereocenters. The average molecular weight is 288 g/mol. The zero-order valence-electron chi connectivity index (χ0n) is 12.4. The lowest BCUT2D eigenvalue weighted by atomic mass is 9.80. The summed E-state index contributed by atoms with van der Waals surface area (Å²) in [4.78, 5) is 14.1. The van der Waals surface area contributed by atoms with Crippen molar-refractivity contribution in [2.24, 2.45) is 5.92 Å². The van der Waals surface area contributed by atoms with Crippen molar-refractivity contribution in [2.75, 3.05) is 33.9 Å². The lowest BCUT2D eigenvalue weighted by Crippen LogP contribution is -2.42. The van der Waals surface area contributed by atoms with Crippen LogP contribution in [0.4, 0.5) is 0 Å². The number of piperidine rings is 1. The van der Waals surface area contributed by atoms with E-state index in [0.29, 0.717) is 19.5 Å². The van der Waals surface area contributed by atoms with Crippen molar-refractivity contribution >= 4 is 5.97 Å². The Morgan fingerprint density at radius 1 is 1.48 bits per heavy atom. The van der Waals surface area contributed by atoms with Crippen LogP contribution in [0, 0.1) is 17.2 Å². The van der Waals surface area contributed by atoms with Gasteiger partial charge in [-0.2, -0.15) is 5.26 Å². The molecule has 0 N–H and O–H groups in total. The van der Waals surface area contributed by atoms with Crippen molar-refractivity contribution in [1.82, 2.24) is 4.90 Å². The van der Waals surface area contributed by atoms with Gasteiger partial charge in [-0.3, -0.25) is 9.69 Å². The average Bonchev–Trinajstić information content (AvgIpc) is 2.54. The van der Waals surface area contributed by atoms with Crippen molar-refractivity contribution in [2.45, 2.75) is 12.3 Å². The standard InChI is InChI=1S/C16H20N2O3/c1-20-13-5-3-4-12(10-13)15-11-18(9-7-17)8-6-14(15)16(19)21-2/h3-5,10,14-15H,6,8-9,11H2,1-2H3. The fourth-order valence-corrected chi connectivity index (χ4v) is 2.91. The van der Waals surface area contributed by atoms with E-state index in [9.17, 15) is 4.79 Å². The Kier molecular flexibility index (Phi) is 5.18. The number of carbonyl (C=O) groups excluding carboxylic acids is 1. The lowest BCUT2D eigenvalue weighted by molar-refractivity contribution is -0.147. The van der Waals surface area contributed by atoms with Gasteiger partial charge in [0.15, 0.2) is 0 Å². The first-order valence-corrected chi connectivity index (χ1v) is 7.00. The van der Waals surface area contributed by atoms with Crippen molar-refractivity contribution < 1.29 is 14.3 Å². The summed E-state index contributed by atoms with van der Waals surface area (Å²) in [6.45, 7) is 1.81. The van der Waals surface area contributed by atoms with E-state index < -0.39 is 0 Å². The maximum atomic E-state index is 12.0. The number of benzene rings is 1. The molecule has 1 saturated heterocycles. The number of carbonyl (C=O) groups is 1. The van der Waals surface area contributed by atoms with E-state index in [2.05, 4.69) is 11.0 Å². The molecule has 5 heteroatoms. The number of hydrogen-bond acceptors (Lipinski definition) is 5. The van der Waals surface area contributed by atoms with Gasteiger partial charge in [0.05, 0.1) is 32.8 Å². The number of nitrogens with zero attached hydrogens (tertiary/aromatic N) is 2. The molecule has 21 heavy (non-hydrogen) atoms. The highest BCUT2D eigenvalue weighted by Crippen LogP contribution is 2.34. The number of ether oxygens (including phenoxy) is 2. The predicted molar refractivity (Wildman–Crippen MR) is 77.9 cm³/mol. The molecule has 5 nitrogen and oxygen atoms in total. The molecule has 0 amide bonds. The van der Waals surface area contributed by atoms with Gasteiger partial charge in [-0.05, 0) is 24.1 Å². The minimum atomic E-state index is -0.181. The lowest BCUT2D eigenvalue weighted by Gasteiger charge is -2.36. The van der Waals surface area contributed by atoms with E-state index in [0.717, 1.165) is 17.9 Å². The zero-order chi connectivity index (χ0) is 15.2. The maximum Gasteiger partial charge on any atom is 0.309 e. The molecule has 0 aromatic heterocycles. The third-order valence-electron chi connectivity index (χ3n) is 4.02. The summed E-state index contributed by atoms with van der Waals surface area (Å²) in [6, 6.07) is 9.93. The van der Waals surface area contributed by atoms with Crippen molar-refractivity contribution in [1.29, 1.82) is 5.26 Å². The smallest absolute Gasteiger partial charge is 0.309 e. The van der Waals surface area contributed by atoms with Crippen LogP contribution in [-0.4, -0.2) is 44.7 Å². The Morgan fingerprint density at radius 3 is 2.95 bits per heavy atom. The van der Waals surface area contributed by atoms with Crippen LogP contribution in [0.25, 0.3) is 0 Å². The topological polar surface area (TPSA) is 62.6 Å². The molecule has 112 valence electrons. The van der Waals surface area contributed by atoms with Gasteiger partial charge >= 0.3 is 5.97 Å². The van der Waals surface area contributed by atoms with Gasteiger partial charge in [-0.1, -0.05) is 12.1 Å². The number of likely N-dealkylation sites (tertiary alicyclic amines) is 1. The van der Waals surface area contributed by atoms with Crippen LogP contribution in [0.3, 0.4) is 0 Å². The first kappa shape index (κ1) is 15.3. The summed E-state index contributed by atoms with van der Waals surface area (Å²) in [5.41, 5.74) is 1.05. The van der Waals surface area contributed by atoms with Crippen LogP contribution in [0.1, 0.15) is 17.9 Å². The Labute approximate surface area is 125 Å². The summed E-state index contributed by atoms with van der Waals surface area (Å²) in [5, 5.41) is 8.88. The van der Waals surface area contributed by atoms with Gasteiger partial charge < -0.3 is 9.47 Å². The molecule has 1 heterocycles. The number of esters is 1. The van der Waals surface area contributed by atoms with E-state index in [-0.39, 0.29) is 17.8 Å². The van der Waals surface area contributed by atoms with E-state index >= 15 is 0 Å². The predicted octanol–water partition coefficient (Wildman–Crippen LogP) is 1.80. The molecular formula is C16H20N2O3. The van der Waals surface area contributed by atoms with Gasteiger partial charge in [-0.15, -0.1) is 0 Å². The fourth-order valence-electron chi connectivity index (χ4n) is 2.91. The molecule has 2 rings (SSSR count). The van der Waals surface area contributed by atoms with Gasteiger partial charge in [-0.25, -0.2) is 0 Å². The fraction of sp³-hybridized carbons (Fsp3) is 0.500. The molecule has 1 aromatic carbocycles. The molecule has 0 bridgehead atoms. The number of hydrogen-bond donors (Lipinski definition) is 0. The summed E-state index contributed by atoms with van der Waals surface area (Å²) >= 11 is 0. The molecule has 0 aliphatic carbocycles. The van der Waals surface area contributed by atoms with E-state index in [4.69, 9.17) is 14.7 Å². The second-order valence-electron chi connectivity index (χ2n) is 5.19. The highest BCUT2D eigenvalue weighted by atomic mass is 16.5. The Hall–Kier alpha value is -2.06. The first-order chi connectivity index (χ1) is 10.2. The van der Waals surface area contributed by atoms with Crippen molar-refractivity contribution in [3.05, 3.63) is 29.8 Å². The number of nitriles is 1. The minimum Gasteiger partial charge on any atom is -0.497 e. The molecule has 0 saturated carbocycles. The van der Waals surface area contributed by atoms with Gasteiger partial charge in [0, 0.05) is 19.0 Å². The molecule has 1 aliphatic heterocycles. The monoisotopic (exact) mass is 288 g/mol. The van der Waals surface area contributed by atoms with Crippen molar-refractivity contribution in [3.8, 4) is 11.8 Å². The summed E-state index contributed by atoms with van der Waals surface area (Å²) in [5.74, 6) is 0.444. The van der Waals surface area contributed by atoms with Crippen LogP contribution in [-0.2, 0) is 9.53 Å². The molecule has 1 aromatic rings. The highest BCUT2D eigenvalue weighted by molar-refractivity contribution is 5.74. The van der Waals surface area contributed by atoms with Gasteiger partial charge in [0.2, 0.25) is 0 Å². The normalized spacial score (nSPS) is 22.3. The molecule has 1 aliphatic rings. The highest BCUT2D eigenvalue weighted by Gasteiger charge is 2.35. The molecule has 0 spiro atoms. The maximum absolute atomic E-state index is 12.0. The first-order valence-electron chi connectivity index (χ1n) is 7.00. The summed E-state index contributed by atoms with van der Waals surface area (Å²) < 4.78 is 10.2. The van der Waals surface area contributed by atoms with Crippen LogP contribution < -0.4 is 4.74 Å². The van der Waals surface area contributed by atoms with Crippen molar-refractivity contribution in [3.63, 3.8) is 0 Å². The second kappa shape index (κ2) is 7.09. The Morgan fingerprint density at radius 2 is 2.29 bits per heavy atom. The third kappa shape index (κ3) is 3.53. The Balaban J connectivity index is 2.27. The van der Waals surface area contributed by atoms with Crippen LogP contribution in [0.5, 0.6) is 5.75 Å². The second-order valence-corrected chi connectivity index (χ2v) is 5.19. The van der Waals surface area contributed by atoms with Gasteiger partial charge in [0.1, 0.15) is 5.75 Å². The molecule has 1 fully saturated rings. The SMILES string of the molecule is COC(=O)C1CCN(CC#N)CC1c1cccc(OC)c1. The largest absolute Gasteiger partial charge is 0.497 e. The molecule has 0 radical (unpaired) electrons. The number of methoxy groups -OCH3 is 2. The quantitative estimate of drug-likeness (QED) is 0.624. The molecule has 2 unspecified atom stereocenters.